The molecule has 0 aliphatic carbocycles. The molecule has 0 saturated heterocycles. The van der Waals surface area contributed by atoms with Gasteiger partial charge in [-0.3, -0.25) is 0 Å². The fourth-order valence-corrected chi connectivity index (χ4v) is 7.99. The number of unbranched alkanes of at least 4 members (excludes halogenated alkanes) is 3. The molecule has 0 amide bonds. The largest absolute Gasteiger partial charge is 0.473 e. The second-order valence-corrected chi connectivity index (χ2v) is 11.5. The minimum absolute atomic E-state index is 0.629. The molecule has 0 heterocycles. The van der Waals surface area contributed by atoms with E-state index in [9.17, 15) is 0 Å². The molecule has 0 aliphatic rings. The molecule has 0 atom stereocenters. The molecule has 2 N–H and O–H groups in total. The van der Waals surface area contributed by atoms with Gasteiger partial charge in [0.15, 0.2) is 0 Å². The first-order valence-electron chi connectivity index (χ1n) is 9.70. The van der Waals surface area contributed by atoms with E-state index in [0.717, 1.165) is 0 Å². The van der Waals surface area contributed by atoms with Gasteiger partial charge in [0.1, 0.15) is 0 Å². The third-order valence-corrected chi connectivity index (χ3v) is 9.44. The molecular weight excluding hydrogens is 337 g/mol. The third-order valence-electron chi connectivity index (χ3n) is 4.38. The Labute approximate surface area is 155 Å². The standard InChI is InChI=1S/C17H39NP.C2H2O4/c1-6-9-14-19(15-10-7-2,16-11-8-3)17-12-13-18(4)5;3-1(4)2(5)6/h6-17H2,1-5H3;(H,3,4)(H,5,6)/q+1;. The maximum Gasteiger partial charge on any atom is 0.414 e. The number of carbonyl (C=O) groups is 2. The molecule has 0 aromatic heterocycles. The summed E-state index contributed by atoms with van der Waals surface area (Å²) in [6, 6.07) is 0. The van der Waals surface area contributed by atoms with Crippen molar-refractivity contribution in [3.63, 3.8) is 0 Å². The zero-order valence-electron chi connectivity index (χ0n) is 17.1. The number of aliphatic carboxylic acids is 2. The molecule has 6 heteroatoms. The van der Waals surface area contributed by atoms with Crippen LogP contribution in [0, 0.1) is 0 Å². The van der Waals surface area contributed by atoms with Gasteiger partial charge in [-0.05, 0) is 39.8 Å². The number of carboxylic acid groups (broad SMARTS) is 2. The van der Waals surface area contributed by atoms with Crippen LogP contribution in [0.25, 0.3) is 0 Å². The predicted molar refractivity (Wildman–Crippen MR) is 110 cm³/mol. The number of rotatable bonds is 13. The monoisotopic (exact) mass is 378 g/mol. The first-order chi connectivity index (χ1) is 11.7. The van der Waals surface area contributed by atoms with Crippen molar-refractivity contribution in [2.45, 2.75) is 65.7 Å². The first kappa shape index (κ1) is 26.6. The summed E-state index contributed by atoms with van der Waals surface area (Å²) in [4.78, 5) is 20.6. The van der Waals surface area contributed by atoms with E-state index in [1.54, 1.807) is 24.6 Å². The van der Waals surface area contributed by atoms with Crippen LogP contribution in [-0.4, -0.2) is 72.3 Å². The minimum Gasteiger partial charge on any atom is -0.473 e. The Bertz CT molecular complexity index is 315. The lowest BCUT2D eigenvalue weighted by molar-refractivity contribution is -0.159. The Morgan fingerprint density at radius 1 is 0.720 bits per heavy atom. The minimum atomic E-state index is -1.82. The SMILES string of the molecule is CCCC[P+](CCCC)(CCCC)CCCN(C)C.O=C(O)C(=O)O. The Hall–Kier alpha value is -0.670. The summed E-state index contributed by atoms with van der Waals surface area (Å²) in [5.74, 6) is -3.65. The maximum atomic E-state index is 9.10. The summed E-state index contributed by atoms with van der Waals surface area (Å²) >= 11 is 0. The van der Waals surface area contributed by atoms with E-state index in [2.05, 4.69) is 39.8 Å². The molecule has 0 aromatic carbocycles. The van der Waals surface area contributed by atoms with Crippen LogP contribution < -0.4 is 0 Å². The summed E-state index contributed by atoms with van der Waals surface area (Å²) in [6.07, 6.45) is 16.3. The van der Waals surface area contributed by atoms with Crippen molar-refractivity contribution in [1.82, 2.24) is 4.90 Å². The topological polar surface area (TPSA) is 77.8 Å². The van der Waals surface area contributed by atoms with E-state index in [0.29, 0.717) is 0 Å². The van der Waals surface area contributed by atoms with E-state index >= 15 is 0 Å². The molecule has 0 fully saturated rings. The van der Waals surface area contributed by atoms with E-state index in [4.69, 9.17) is 19.8 Å². The lowest BCUT2D eigenvalue weighted by Crippen LogP contribution is -2.18. The summed E-state index contributed by atoms with van der Waals surface area (Å²) < 4.78 is 0. The van der Waals surface area contributed by atoms with E-state index in [1.807, 2.05) is 0 Å². The van der Waals surface area contributed by atoms with Crippen LogP contribution in [0.4, 0.5) is 0 Å². The van der Waals surface area contributed by atoms with Gasteiger partial charge >= 0.3 is 11.9 Å². The van der Waals surface area contributed by atoms with Gasteiger partial charge in [0.25, 0.3) is 0 Å². The lowest BCUT2D eigenvalue weighted by atomic mass is 10.4. The van der Waals surface area contributed by atoms with Crippen LogP contribution in [0.5, 0.6) is 0 Å². The van der Waals surface area contributed by atoms with E-state index in [-0.39, 0.29) is 0 Å². The van der Waals surface area contributed by atoms with Gasteiger partial charge in [-0.25, -0.2) is 9.59 Å². The van der Waals surface area contributed by atoms with Gasteiger partial charge in [-0.15, -0.1) is 0 Å². The van der Waals surface area contributed by atoms with Crippen molar-refractivity contribution in [3.05, 3.63) is 0 Å². The smallest absolute Gasteiger partial charge is 0.414 e. The molecule has 0 radical (unpaired) electrons. The van der Waals surface area contributed by atoms with Crippen molar-refractivity contribution in [2.75, 3.05) is 45.3 Å². The fourth-order valence-electron chi connectivity index (χ4n) is 2.87. The lowest BCUT2D eigenvalue weighted by Gasteiger charge is -2.28. The van der Waals surface area contributed by atoms with Gasteiger partial charge in [-0.1, -0.05) is 40.0 Å². The summed E-state index contributed by atoms with van der Waals surface area (Å²) in [6.45, 7) is 8.35. The molecule has 0 unspecified atom stereocenters. The third kappa shape index (κ3) is 16.5. The highest BCUT2D eigenvalue weighted by Crippen LogP contribution is 2.61. The molecule has 0 aromatic rings. The van der Waals surface area contributed by atoms with Crippen molar-refractivity contribution in [1.29, 1.82) is 0 Å². The molecule has 0 rings (SSSR count). The maximum absolute atomic E-state index is 9.10. The van der Waals surface area contributed by atoms with E-state index < -0.39 is 19.2 Å². The van der Waals surface area contributed by atoms with Crippen LogP contribution in [0.15, 0.2) is 0 Å². The second-order valence-electron chi connectivity index (χ2n) is 7.06. The molecule has 0 aliphatic heterocycles. The number of nitrogens with zero attached hydrogens (tertiary/aromatic N) is 1. The molecule has 5 nitrogen and oxygen atoms in total. The van der Waals surface area contributed by atoms with Crippen molar-refractivity contribution in [2.24, 2.45) is 0 Å². The molecule has 25 heavy (non-hydrogen) atoms. The van der Waals surface area contributed by atoms with Crippen LogP contribution in [0.3, 0.4) is 0 Å². The zero-order valence-corrected chi connectivity index (χ0v) is 18.0. The zero-order chi connectivity index (χ0) is 19.7. The quantitative estimate of drug-likeness (QED) is 0.364. The average molecular weight is 379 g/mol. The van der Waals surface area contributed by atoms with Crippen molar-refractivity contribution >= 4 is 19.2 Å². The number of hydrogen-bond acceptors (Lipinski definition) is 3. The normalized spacial score (nSPS) is 11.1. The highest BCUT2D eigenvalue weighted by atomic mass is 31.2. The molecule has 150 valence electrons. The van der Waals surface area contributed by atoms with Gasteiger partial charge in [0.2, 0.25) is 0 Å². The molecule has 0 spiro atoms. The number of carboxylic acids is 2. The summed E-state index contributed by atoms with van der Waals surface area (Å²) in [5.41, 5.74) is 0. The van der Waals surface area contributed by atoms with Crippen LogP contribution in [0.1, 0.15) is 65.7 Å². The van der Waals surface area contributed by atoms with Crippen LogP contribution >= 0.6 is 7.26 Å². The molecular formula is C19H41NO4P+. The van der Waals surface area contributed by atoms with Gasteiger partial charge in [0, 0.05) is 13.8 Å². The van der Waals surface area contributed by atoms with Gasteiger partial charge in [-0.2, -0.15) is 0 Å². The highest BCUT2D eigenvalue weighted by Gasteiger charge is 2.34. The van der Waals surface area contributed by atoms with Crippen LogP contribution in [-0.2, 0) is 9.59 Å². The summed E-state index contributed by atoms with van der Waals surface area (Å²) in [5, 5.41) is 14.8. The van der Waals surface area contributed by atoms with E-state index in [1.165, 1.54) is 51.5 Å². The van der Waals surface area contributed by atoms with Crippen molar-refractivity contribution < 1.29 is 19.8 Å². The Morgan fingerprint density at radius 3 is 1.28 bits per heavy atom. The highest BCUT2D eigenvalue weighted by molar-refractivity contribution is 7.75. The Morgan fingerprint density at radius 2 is 1.04 bits per heavy atom. The molecule has 0 saturated carbocycles. The van der Waals surface area contributed by atoms with Gasteiger partial charge < -0.3 is 15.1 Å². The average Bonchev–Trinajstić information content (AvgIpc) is 2.56. The second kappa shape index (κ2) is 16.8. The van der Waals surface area contributed by atoms with Crippen molar-refractivity contribution in [3.8, 4) is 0 Å². The number of hydrogen-bond donors (Lipinski definition) is 2. The van der Waals surface area contributed by atoms with Gasteiger partial charge in [0.05, 0.1) is 24.6 Å². The first-order valence-corrected chi connectivity index (χ1v) is 12.2. The summed E-state index contributed by atoms with van der Waals surface area (Å²) in [7, 11) is 3.80. The Kier molecular flexibility index (Phi) is 17.8. The van der Waals surface area contributed by atoms with Crippen LogP contribution in [0.2, 0.25) is 0 Å². The molecule has 0 bridgehead atoms. The fraction of sp³-hybridized carbons (Fsp3) is 0.895. The predicted octanol–water partition coefficient (Wildman–Crippen LogP) is 4.51. The Balaban J connectivity index is 0.